The van der Waals surface area contributed by atoms with Crippen molar-refractivity contribution in [2.24, 2.45) is 0 Å². The van der Waals surface area contributed by atoms with Crippen molar-refractivity contribution in [3.05, 3.63) is 54.9 Å². The minimum Gasteiger partial charge on any atom is -0.326 e. The Morgan fingerprint density at radius 1 is 1.13 bits per heavy atom. The largest absolute Gasteiger partial charge is 0.326 e. The smallest absolute Gasteiger partial charge is 0.263 e. The number of pyridine rings is 1. The summed E-state index contributed by atoms with van der Waals surface area (Å²) in [6.07, 6.45) is 3.18. The molecule has 7 nitrogen and oxygen atoms in total. The van der Waals surface area contributed by atoms with Crippen molar-refractivity contribution in [2.75, 3.05) is 10.0 Å². The first-order valence-corrected chi connectivity index (χ1v) is 8.26. The van der Waals surface area contributed by atoms with E-state index >= 15 is 0 Å². The number of sulfonamides is 1. The van der Waals surface area contributed by atoms with Crippen molar-refractivity contribution in [1.82, 2.24) is 9.38 Å². The van der Waals surface area contributed by atoms with Gasteiger partial charge in [-0.1, -0.05) is 6.07 Å². The number of hydrogen-bond donors (Lipinski definition) is 2. The number of imidazole rings is 1. The van der Waals surface area contributed by atoms with Gasteiger partial charge >= 0.3 is 0 Å². The van der Waals surface area contributed by atoms with Crippen LogP contribution in [0.1, 0.15) is 6.92 Å². The third kappa shape index (κ3) is 3.16. The summed E-state index contributed by atoms with van der Waals surface area (Å²) >= 11 is 0. The van der Waals surface area contributed by atoms with Gasteiger partial charge in [-0.3, -0.25) is 13.9 Å². The van der Waals surface area contributed by atoms with Crippen LogP contribution in [0.15, 0.2) is 59.8 Å². The molecule has 3 aromatic rings. The predicted molar refractivity (Wildman–Crippen MR) is 86.7 cm³/mol. The van der Waals surface area contributed by atoms with E-state index in [1.165, 1.54) is 37.4 Å². The Kier molecular flexibility index (Phi) is 3.75. The van der Waals surface area contributed by atoms with Crippen LogP contribution in [0, 0.1) is 0 Å². The zero-order valence-corrected chi connectivity index (χ0v) is 13.0. The van der Waals surface area contributed by atoms with Crippen molar-refractivity contribution >= 4 is 33.1 Å². The maximum absolute atomic E-state index is 12.4. The molecule has 23 heavy (non-hydrogen) atoms. The lowest BCUT2D eigenvalue weighted by atomic mass is 10.3. The molecule has 2 heterocycles. The summed E-state index contributed by atoms with van der Waals surface area (Å²) in [7, 11) is -3.74. The Labute approximate surface area is 133 Å². The molecule has 0 bridgehead atoms. The van der Waals surface area contributed by atoms with Crippen LogP contribution in [0.25, 0.3) is 5.65 Å². The van der Waals surface area contributed by atoms with Gasteiger partial charge in [0, 0.05) is 18.8 Å². The van der Waals surface area contributed by atoms with E-state index in [0.29, 0.717) is 17.2 Å². The first-order chi connectivity index (χ1) is 11.0. The zero-order valence-electron chi connectivity index (χ0n) is 12.2. The summed E-state index contributed by atoms with van der Waals surface area (Å²) in [5.41, 5.74) is 1.18. The molecule has 0 radical (unpaired) electrons. The maximum atomic E-state index is 12.4. The highest BCUT2D eigenvalue weighted by molar-refractivity contribution is 7.92. The molecule has 1 amide bonds. The normalized spacial score (nSPS) is 11.3. The molecule has 8 heteroatoms. The van der Waals surface area contributed by atoms with Gasteiger partial charge in [0.1, 0.15) is 11.5 Å². The number of aromatic nitrogens is 2. The van der Waals surface area contributed by atoms with Crippen LogP contribution in [-0.4, -0.2) is 23.7 Å². The summed E-state index contributed by atoms with van der Waals surface area (Å²) in [5.74, 6) is 0.135. The van der Waals surface area contributed by atoms with Crippen molar-refractivity contribution in [3.63, 3.8) is 0 Å². The molecule has 2 aromatic heterocycles. The van der Waals surface area contributed by atoms with Crippen LogP contribution in [0.5, 0.6) is 0 Å². The maximum Gasteiger partial charge on any atom is 0.263 e. The Balaban J connectivity index is 1.88. The molecular formula is C15H14N4O3S. The van der Waals surface area contributed by atoms with Gasteiger partial charge in [-0.2, -0.15) is 0 Å². The van der Waals surface area contributed by atoms with Crippen molar-refractivity contribution in [2.45, 2.75) is 11.8 Å². The minimum atomic E-state index is -3.74. The van der Waals surface area contributed by atoms with E-state index < -0.39 is 10.0 Å². The van der Waals surface area contributed by atoms with E-state index in [1.54, 1.807) is 22.7 Å². The fraction of sp³-hybridized carbons (Fsp3) is 0.0667. The summed E-state index contributed by atoms with van der Waals surface area (Å²) in [5, 5.41) is 2.58. The molecule has 0 saturated carbocycles. The summed E-state index contributed by atoms with van der Waals surface area (Å²) in [6.45, 7) is 1.39. The van der Waals surface area contributed by atoms with E-state index in [0.717, 1.165) is 0 Å². The molecule has 0 fully saturated rings. The summed E-state index contributed by atoms with van der Waals surface area (Å²) in [4.78, 5) is 15.2. The van der Waals surface area contributed by atoms with E-state index in [-0.39, 0.29) is 10.8 Å². The first-order valence-electron chi connectivity index (χ1n) is 6.78. The van der Waals surface area contributed by atoms with E-state index in [4.69, 9.17) is 0 Å². The minimum absolute atomic E-state index is 0.0949. The highest BCUT2D eigenvalue weighted by Gasteiger charge is 2.16. The Morgan fingerprint density at radius 2 is 1.87 bits per heavy atom. The monoisotopic (exact) mass is 330 g/mol. The quantitative estimate of drug-likeness (QED) is 0.766. The average Bonchev–Trinajstić information content (AvgIpc) is 2.90. The third-order valence-corrected chi connectivity index (χ3v) is 4.51. The molecule has 2 N–H and O–H groups in total. The second-order valence-electron chi connectivity index (χ2n) is 4.88. The first kappa shape index (κ1) is 15.0. The van der Waals surface area contributed by atoms with Gasteiger partial charge in [-0.25, -0.2) is 13.4 Å². The number of amides is 1. The molecule has 0 aliphatic rings. The molecule has 0 aliphatic heterocycles. The van der Waals surface area contributed by atoms with E-state index in [1.807, 2.05) is 6.07 Å². The number of nitrogens with one attached hydrogen (secondary N) is 2. The molecule has 0 spiro atoms. The van der Waals surface area contributed by atoms with Crippen LogP contribution in [0.3, 0.4) is 0 Å². The lowest BCUT2D eigenvalue weighted by molar-refractivity contribution is -0.114. The van der Waals surface area contributed by atoms with Crippen LogP contribution in [-0.2, 0) is 14.8 Å². The zero-order chi connectivity index (χ0) is 16.4. The van der Waals surface area contributed by atoms with Gasteiger partial charge in [-0.05, 0) is 36.4 Å². The van der Waals surface area contributed by atoms with Gasteiger partial charge < -0.3 is 5.32 Å². The number of anilines is 2. The Bertz CT molecular complexity index is 962. The van der Waals surface area contributed by atoms with Gasteiger partial charge in [0.2, 0.25) is 5.91 Å². The van der Waals surface area contributed by atoms with E-state index in [9.17, 15) is 13.2 Å². The number of carbonyl (C=O) groups excluding carboxylic acids is 1. The summed E-state index contributed by atoms with van der Waals surface area (Å²) in [6, 6.07) is 11.3. The fourth-order valence-electron chi connectivity index (χ4n) is 2.13. The van der Waals surface area contributed by atoms with Crippen LogP contribution in [0.2, 0.25) is 0 Å². The lowest BCUT2D eigenvalue weighted by Gasteiger charge is -2.08. The number of nitrogens with zero attached hydrogens (tertiary/aromatic N) is 2. The molecule has 1 aromatic carbocycles. The van der Waals surface area contributed by atoms with Crippen LogP contribution >= 0.6 is 0 Å². The molecule has 0 atom stereocenters. The van der Waals surface area contributed by atoms with Crippen molar-refractivity contribution < 1.29 is 13.2 Å². The fourth-order valence-corrected chi connectivity index (χ4v) is 3.16. The molecule has 0 saturated heterocycles. The topological polar surface area (TPSA) is 92.6 Å². The van der Waals surface area contributed by atoms with Crippen molar-refractivity contribution in [3.8, 4) is 0 Å². The van der Waals surface area contributed by atoms with Gasteiger partial charge in [0.05, 0.1) is 11.1 Å². The number of carbonyl (C=O) groups is 1. The second-order valence-corrected chi connectivity index (χ2v) is 6.57. The molecule has 0 aliphatic carbocycles. The highest BCUT2D eigenvalue weighted by Crippen LogP contribution is 2.19. The van der Waals surface area contributed by atoms with E-state index in [2.05, 4.69) is 15.0 Å². The Morgan fingerprint density at radius 3 is 2.57 bits per heavy atom. The lowest BCUT2D eigenvalue weighted by Crippen LogP contribution is -2.14. The van der Waals surface area contributed by atoms with Crippen molar-refractivity contribution in [1.29, 1.82) is 0 Å². The molecule has 118 valence electrons. The number of rotatable bonds is 4. The van der Waals surface area contributed by atoms with Crippen LogP contribution in [0.4, 0.5) is 11.5 Å². The number of fused-ring (bicyclic) bond motifs is 1. The molecule has 0 unspecified atom stereocenters. The number of benzene rings is 1. The summed E-state index contributed by atoms with van der Waals surface area (Å²) < 4.78 is 29.0. The second kappa shape index (κ2) is 5.73. The Hall–Kier alpha value is -2.87. The SMILES string of the molecule is CC(=O)Nc1ccc(S(=O)(=O)Nc2cnc3ccccn23)cc1. The number of hydrogen-bond acceptors (Lipinski definition) is 4. The molecule has 3 rings (SSSR count). The van der Waals surface area contributed by atoms with Gasteiger partial charge in [0.15, 0.2) is 0 Å². The van der Waals surface area contributed by atoms with Gasteiger partial charge in [-0.15, -0.1) is 0 Å². The standard InChI is InChI=1S/C15H14N4O3S/c1-11(20)17-12-5-7-13(8-6-12)23(21,22)18-15-10-16-14-4-2-3-9-19(14)15/h2-10,18H,1H3,(H,17,20). The third-order valence-electron chi connectivity index (χ3n) is 3.14. The van der Waals surface area contributed by atoms with Gasteiger partial charge in [0.25, 0.3) is 10.0 Å². The van der Waals surface area contributed by atoms with Crippen LogP contribution < -0.4 is 10.0 Å². The molecular weight excluding hydrogens is 316 g/mol. The predicted octanol–water partition coefficient (Wildman–Crippen LogP) is 2.09. The highest BCUT2D eigenvalue weighted by atomic mass is 32.2. The average molecular weight is 330 g/mol.